The number of nitrogens with two attached hydrogens (primary N) is 1. The smallest absolute Gasteiger partial charge is 0.243 e. The standard InChI is InChI=1S/C21H21FN4O4S/c22-16-7-3-14(4-8-16)15-5-9-18(10-6-15)31(29,30)26-11-1-2-19(26)21(28)25-17(13-23)12-20(24)27/h3-10,17,19H,1-2,11-12H2,(H2,24,27)(H,25,28)/t17-,19-/m0/s1. The summed E-state index contributed by atoms with van der Waals surface area (Å²) in [6, 6.07) is 11.6. The number of benzene rings is 2. The summed E-state index contributed by atoms with van der Waals surface area (Å²) in [5.74, 6) is -1.75. The first-order valence-electron chi connectivity index (χ1n) is 9.58. The van der Waals surface area contributed by atoms with Crippen LogP contribution in [0, 0.1) is 17.1 Å². The Kier molecular flexibility index (Phi) is 6.68. The first kappa shape index (κ1) is 22.4. The van der Waals surface area contributed by atoms with E-state index in [0.29, 0.717) is 12.8 Å². The topological polar surface area (TPSA) is 133 Å². The van der Waals surface area contributed by atoms with Crippen molar-refractivity contribution in [1.29, 1.82) is 5.26 Å². The summed E-state index contributed by atoms with van der Waals surface area (Å²) < 4.78 is 40.5. The molecule has 0 spiro atoms. The van der Waals surface area contributed by atoms with Crippen LogP contribution in [0.4, 0.5) is 4.39 Å². The van der Waals surface area contributed by atoms with Crippen molar-refractivity contribution >= 4 is 21.8 Å². The molecule has 0 saturated carbocycles. The molecule has 1 aliphatic heterocycles. The third kappa shape index (κ3) is 5.07. The van der Waals surface area contributed by atoms with Crippen molar-refractivity contribution in [2.24, 2.45) is 5.73 Å². The molecular formula is C21H21FN4O4S. The van der Waals surface area contributed by atoms with Gasteiger partial charge in [0.1, 0.15) is 17.9 Å². The number of primary amides is 1. The number of hydrogen-bond acceptors (Lipinski definition) is 5. The predicted molar refractivity (Wildman–Crippen MR) is 110 cm³/mol. The molecule has 162 valence electrons. The van der Waals surface area contributed by atoms with Gasteiger partial charge in [0.2, 0.25) is 21.8 Å². The molecule has 2 atom stereocenters. The Bertz CT molecular complexity index is 1110. The summed E-state index contributed by atoms with van der Waals surface area (Å²) in [5, 5.41) is 11.5. The lowest BCUT2D eigenvalue weighted by molar-refractivity contribution is -0.125. The Morgan fingerprint density at radius 3 is 2.29 bits per heavy atom. The zero-order valence-electron chi connectivity index (χ0n) is 16.5. The van der Waals surface area contributed by atoms with Crippen LogP contribution in [-0.4, -0.2) is 43.2 Å². The molecular weight excluding hydrogens is 423 g/mol. The molecule has 0 aliphatic carbocycles. The first-order valence-corrected chi connectivity index (χ1v) is 11.0. The molecule has 3 rings (SSSR count). The molecule has 10 heteroatoms. The van der Waals surface area contributed by atoms with Crippen LogP contribution in [0.25, 0.3) is 11.1 Å². The molecule has 2 aromatic carbocycles. The Morgan fingerprint density at radius 1 is 1.16 bits per heavy atom. The summed E-state index contributed by atoms with van der Waals surface area (Å²) in [6.45, 7) is 0.160. The van der Waals surface area contributed by atoms with E-state index >= 15 is 0 Å². The summed E-state index contributed by atoms with van der Waals surface area (Å²) in [7, 11) is -3.97. The number of hydrogen-bond donors (Lipinski definition) is 2. The van der Waals surface area contributed by atoms with E-state index in [4.69, 9.17) is 11.0 Å². The van der Waals surface area contributed by atoms with E-state index in [0.717, 1.165) is 15.4 Å². The van der Waals surface area contributed by atoms with Crippen LogP contribution in [0.15, 0.2) is 53.4 Å². The number of carbonyl (C=O) groups excluding carboxylic acids is 2. The zero-order chi connectivity index (χ0) is 22.6. The molecule has 0 bridgehead atoms. The molecule has 1 fully saturated rings. The number of sulfonamides is 1. The van der Waals surface area contributed by atoms with Crippen LogP contribution >= 0.6 is 0 Å². The lowest BCUT2D eigenvalue weighted by Crippen LogP contribution is -2.49. The summed E-state index contributed by atoms with van der Waals surface area (Å²) in [6.07, 6.45) is 0.429. The van der Waals surface area contributed by atoms with Crippen LogP contribution in [0.3, 0.4) is 0 Å². The van der Waals surface area contributed by atoms with Crippen LogP contribution < -0.4 is 11.1 Å². The maximum atomic E-state index is 13.1. The minimum Gasteiger partial charge on any atom is -0.370 e. The molecule has 2 amide bonds. The van der Waals surface area contributed by atoms with E-state index in [1.807, 2.05) is 0 Å². The van der Waals surface area contributed by atoms with Gasteiger partial charge in [0.05, 0.1) is 17.4 Å². The van der Waals surface area contributed by atoms with Crippen LogP contribution in [-0.2, 0) is 19.6 Å². The average Bonchev–Trinajstić information content (AvgIpc) is 3.24. The van der Waals surface area contributed by atoms with Gasteiger partial charge in [-0.1, -0.05) is 24.3 Å². The number of rotatable bonds is 7. The highest BCUT2D eigenvalue weighted by Crippen LogP contribution is 2.28. The van der Waals surface area contributed by atoms with Gasteiger partial charge < -0.3 is 11.1 Å². The second kappa shape index (κ2) is 9.24. The van der Waals surface area contributed by atoms with E-state index in [1.54, 1.807) is 30.3 Å². The number of amides is 2. The highest BCUT2D eigenvalue weighted by molar-refractivity contribution is 7.89. The quantitative estimate of drug-likeness (QED) is 0.668. The Hall–Kier alpha value is -3.29. The zero-order valence-corrected chi connectivity index (χ0v) is 17.3. The van der Waals surface area contributed by atoms with Gasteiger partial charge in [0.25, 0.3) is 0 Å². The Balaban J connectivity index is 1.78. The van der Waals surface area contributed by atoms with Gasteiger partial charge in [0, 0.05) is 6.54 Å². The SMILES string of the molecule is N#C[C@H](CC(N)=O)NC(=O)[C@@H]1CCCN1S(=O)(=O)c1ccc(-c2ccc(F)cc2)cc1. The minimum atomic E-state index is -3.97. The van der Waals surface area contributed by atoms with E-state index in [2.05, 4.69) is 5.32 Å². The number of nitrogens with zero attached hydrogens (tertiary/aromatic N) is 2. The fourth-order valence-electron chi connectivity index (χ4n) is 3.49. The molecule has 1 aliphatic rings. The van der Waals surface area contributed by atoms with Crippen molar-refractivity contribution in [1.82, 2.24) is 9.62 Å². The molecule has 8 nitrogen and oxygen atoms in total. The number of halogens is 1. The van der Waals surface area contributed by atoms with E-state index in [-0.39, 0.29) is 23.7 Å². The average molecular weight is 444 g/mol. The van der Waals surface area contributed by atoms with Gasteiger partial charge in [-0.3, -0.25) is 9.59 Å². The van der Waals surface area contributed by atoms with Crippen LogP contribution in [0.5, 0.6) is 0 Å². The highest BCUT2D eigenvalue weighted by atomic mass is 32.2. The lowest BCUT2D eigenvalue weighted by atomic mass is 10.1. The molecule has 0 aromatic heterocycles. The molecule has 0 unspecified atom stereocenters. The molecule has 1 heterocycles. The molecule has 1 saturated heterocycles. The Morgan fingerprint density at radius 2 is 1.74 bits per heavy atom. The normalized spacial score (nSPS) is 17.6. The predicted octanol–water partition coefficient (Wildman–Crippen LogP) is 1.53. The van der Waals surface area contributed by atoms with Crippen molar-refractivity contribution < 1.29 is 22.4 Å². The summed E-state index contributed by atoms with van der Waals surface area (Å²) in [5.41, 5.74) is 6.52. The van der Waals surface area contributed by atoms with Crippen molar-refractivity contribution in [3.05, 3.63) is 54.3 Å². The van der Waals surface area contributed by atoms with Gasteiger partial charge >= 0.3 is 0 Å². The van der Waals surface area contributed by atoms with Gasteiger partial charge in [-0.2, -0.15) is 9.57 Å². The molecule has 0 radical (unpaired) electrons. The minimum absolute atomic E-state index is 0.0204. The number of nitriles is 1. The summed E-state index contributed by atoms with van der Waals surface area (Å²) >= 11 is 0. The van der Waals surface area contributed by atoms with Gasteiger partial charge in [0.15, 0.2) is 0 Å². The molecule has 31 heavy (non-hydrogen) atoms. The second-order valence-electron chi connectivity index (χ2n) is 7.17. The largest absolute Gasteiger partial charge is 0.370 e. The molecule has 3 N–H and O–H groups in total. The van der Waals surface area contributed by atoms with Crippen LogP contribution in [0.1, 0.15) is 19.3 Å². The number of nitrogens with one attached hydrogen (secondary N) is 1. The second-order valence-corrected chi connectivity index (χ2v) is 9.06. The van der Waals surface area contributed by atoms with E-state index < -0.39 is 33.9 Å². The van der Waals surface area contributed by atoms with Crippen molar-refractivity contribution in [2.75, 3.05) is 6.54 Å². The van der Waals surface area contributed by atoms with Gasteiger partial charge in [-0.15, -0.1) is 0 Å². The Labute approximate surface area is 179 Å². The van der Waals surface area contributed by atoms with Crippen molar-refractivity contribution in [2.45, 2.75) is 36.2 Å². The molecule has 2 aromatic rings. The van der Waals surface area contributed by atoms with E-state index in [9.17, 15) is 22.4 Å². The van der Waals surface area contributed by atoms with Crippen molar-refractivity contribution in [3.63, 3.8) is 0 Å². The third-order valence-electron chi connectivity index (χ3n) is 5.02. The third-order valence-corrected chi connectivity index (χ3v) is 6.94. The van der Waals surface area contributed by atoms with E-state index in [1.165, 1.54) is 24.3 Å². The summed E-state index contributed by atoms with van der Waals surface area (Å²) in [4.78, 5) is 23.6. The maximum Gasteiger partial charge on any atom is 0.243 e. The first-order chi connectivity index (χ1) is 14.7. The van der Waals surface area contributed by atoms with Gasteiger partial charge in [-0.05, 0) is 48.2 Å². The van der Waals surface area contributed by atoms with Crippen molar-refractivity contribution in [3.8, 4) is 17.2 Å². The monoisotopic (exact) mass is 444 g/mol. The lowest BCUT2D eigenvalue weighted by Gasteiger charge is -2.24. The highest BCUT2D eigenvalue weighted by Gasteiger charge is 2.40. The van der Waals surface area contributed by atoms with Crippen LogP contribution in [0.2, 0.25) is 0 Å². The number of carbonyl (C=O) groups is 2. The fourth-order valence-corrected chi connectivity index (χ4v) is 5.14. The van der Waals surface area contributed by atoms with Gasteiger partial charge in [-0.25, -0.2) is 12.8 Å². The fraction of sp³-hybridized carbons (Fsp3) is 0.286. The maximum absolute atomic E-state index is 13.1.